The molecule has 0 aliphatic carbocycles. The number of methoxy groups -OCH3 is 2. The fourth-order valence-electron chi connectivity index (χ4n) is 5.17. The minimum Gasteiger partial charge on any atom is -0.452 e. The second-order valence-corrected chi connectivity index (χ2v) is 11.9. The molecule has 43 heavy (non-hydrogen) atoms. The number of unbranched alkanes of at least 4 members (excludes halogenated alkanes) is 1. The van der Waals surface area contributed by atoms with Crippen LogP contribution in [0.2, 0.25) is 0 Å². The van der Waals surface area contributed by atoms with Crippen molar-refractivity contribution < 1.29 is 19.1 Å². The molecular formula is C32H39N5O4S2. The molecule has 2 aromatic carbocycles. The lowest BCUT2D eigenvalue weighted by Gasteiger charge is -2.38. The zero-order chi connectivity index (χ0) is 30.4. The topological polar surface area (TPSA) is 88.1 Å². The van der Waals surface area contributed by atoms with Crippen molar-refractivity contribution in [3.8, 4) is 0 Å². The van der Waals surface area contributed by atoms with Gasteiger partial charge in [-0.2, -0.15) is 0 Å². The molecule has 0 aliphatic heterocycles. The Kier molecular flexibility index (Phi) is 12.5. The van der Waals surface area contributed by atoms with Gasteiger partial charge in [0.25, 0.3) is 0 Å². The Hall–Kier alpha value is -3.80. The molecular weight excluding hydrogens is 583 g/mol. The van der Waals surface area contributed by atoms with Gasteiger partial charge in [0, 0.05) is 13.1 Å². The highest BCUT2D eigenvalue weighted by Crippen LogP contribution is 2.28. The van der Waals surface area contributed by atoms with Gasteiger partial charge in [-0.15, -0.1) is 22.7 Å². The van der Waals surface area contributed by atoms with Crippen molar-refractivity contribution in [2.75, 3.05) is 43.7 Å². The number of hydrogen-bond acceptors (Lipinski definition) is 9. The number of benzene rings is 2. The van der Waals surface area contributed by atoms with Crippen LogP contribution in [0.15, 0.2) is 84.1 Å². The fourth-order valence-corrected chi connectivity index (χ4v) is 6.55. The average Bonchev–Trinajstić information content (AvgIpc) is 3.76. The van der Waals surface area contributed by atoms with Gasteiger partial charge in [0.1, 0.15) is 10.0 Å². The molecule has 0 bridgehead atoms. The summed E-state index contributed by atoms with van der Waals surface area (Å²) in [4.78, 5) is 40.9. The maximum Gasteiger partial charge on any atom is 0.415 e. The Morgan fingerprint density at radius 1 is 0.744 bits per heavy atom. The van der Waals surface area contributed by atoms with Gasteiger partial charge in [0.2, 0.25) is 0 Å². The van der Waals surface area contributed by atoms with Crippen LogP contribution in [0.5, 0.6) is 0 Å². The molecule has 2 heterocycles. The summed E-state index contributed by atoms with van der Waals surface area (Å²) < 4.78 is 10.6. The highest BCUT2D eigenvalue weighted by molar-refractivity contribution is 7.14. The van der Waals surface area contributed by atoms with E-state index in [2.05, 4.69) is 46.1 Å². The zero-order valence-corrected chi connectivity index (χ0v) is 26.5. The number of aromatic nitrogens is 2. The fraction of sp³-hybridized carbons (Fsp3) is 0.375. The predicted molar refractivity (Wildman–Crippen MR) is 173 cm³/mol. The third-order valence-electron chi connectivity index (χ3n) is 7.18. The molecule has 0 saturated heterocycles. The maximum absolute atomic E-state index is 13.3. The summed E-state index contributed by atoms with van der Waals surface area (Å²) in [5.74, 6) is 0. The predicted octanol–water partition coefficient (Wildman–Crippen LogP) is 6.77. The lowest BCUT2D eigenvalue weighted by atomic mass is 10.0. The molecule has 2 atom stereocenters. The van der Waals surface area contributed by atoms with Gasteiger partial charge < -0.3 is 9.47 Å². The number of rotatable bonds is 15. The van der Waals surface area contributed by atoms with Crippen molar-refractivity contribution in [1.29, 1.82) is 0 Å². The molecule has 0 spiro atoms. The minimum atomic E-state index is -0.428. The molecule has 0 fully saturated rings. The number of hydrogen-bond donors (Lipinski definition) is 0. The van der Waals surface area contributed by atoms with Crippen molar-refractivity contribution in [1.82, 2.24) is 14.9 Å². The van der Waals surface area contributed by atoms with Gasteiger partial charge in [-0.25, -0.2) is 9.59 Å². The van der Waals surface area contributed by atoms with E-state index in [1.807, 2.05) is 36.4 Å². The summed E-state index contributed by atoms with van der Waals surface area (Å²) in [7, 11) is 2.81. The average molecular weight is 622 g/mol. The molecule has 0 unspecified atom stereocenters. The number of thiazole rings is 2. The van der Waals surface area contributed by atoms with Crippen LogP contribution in [-0.2, 0) is 22.3 Å². The first-order chi connectivity index (χ1) is 21.0. The molecule has 4 rings (SSSR count). The number of carbonyl (C=O) groups is 2. The summed E-state index contributed by atoms with van der Waals surface area (Å²) in [6, 6.07) is 19.8. The van der Waals surface area contributed by atoms with Crippen LogP contribution in [0.1, 0.15) is 30.9 Å². The molecule has 0 aliphatic rings. The summed E-state index contributed by atoms with van der Waals surface area (Å²) in [5, 5.41) is 1.45. The van der Waals surface area contributed by atoms with E-state index in [0.717, 1.165) is 40.5 Å². The number of amides is 2. The molecule has 9 nitrogen and oxygen atoms in total. The Balaban J connectivity index is 1.72. The second kappa shape index (κ2) is 16.7. The van der Waals surface area contributed by atoms with Crippen LogP contribution in [0.25, 0.3) is 0 Å². The van der Waals surface area contributed by atoms with Gasteiger partial charge >= 0.3 is 12.2 Å². The van der Waals surface area contributed by atoms with Gasteiger partial charge in [0.05, 0.1) is 49.7 Å². The van der Waals surface area contributed by atoms with E-state index in [9.17, 15) is 9.59 Å². The molecule has 11 heteroatoms. The Morgan fingerprint density at radius 3 is 1.53 bits per heavy atom. The van der Waals surface area contributed by atoms with E-state index in [1.165, 1.54) is 36.9 Å². The van der Waals surface area contributed by atoms with Crippen molar-refractivity contribution in [3.05, 3.63) is 95.2 Å². The molecule has 4 aromatic rings. The van der Waals surface area contributed by atoms with Crippen LogP contribution < -0.4 is 9.80 Å². The van der Waals surface area contributed by atoms with Crippen LogP contribution in [0.3, 0.4) is 0 Å². The van der Waals surface area contributed by atoms with Crippen LogP contribution in [-0.4, -0.2) is 73.0 Å². The Labute approximate surface area is 261 Å². The van der Waals surface area contributed by atoms with Crippen LogP contribution in [0.4, 0.5) is 19.6 Å². The van der Waals surface area contributed by atoms with E-state index >= 15 is 0 Å². The molecule has 0 saturated carbocycles. The SMILES string of the molecule is CCCCN(C[C@H](Cc1ccccc1)N(C(=O)OC)c1cncs1)C[C@H](Cc1ccccc1)N(C(=O)OC)c1cncs1. The first-order valence-corrected chi connectivity index (χ1v) is 16.1. The standard InChI is InChI=1S/C32H39N5O4S2/c1-4-5-16-35(21-27(17-25-12-8-6-9-13-25)36(31(38)40-2)29-19-33-23-42-29)22-28(18-26-14-10-7-11-15-26)37(32(39)41-3)30-20-34-24-43-30/h6-15,19-20,23-24,27-28H,4-5,16-18,21-22H2,1-3H3/t27-,28-/m0/s1. The third-order valence-corrected chi connectivity index (χ3v) is 8.72. The van der Waals surface area contributed by atoms with E-state index in [-0.39, 0.29) is 12.1 Å². The van der Waals surface area contributed by atoms with Crippen LogP contribution in [0, 0.1) is 0 Å². The number of nitrogens with zero attached hydrogens (tertiary/aromatic N) is 5. The van der Waals surface area contributed by atoms with Crippen molar-refractivity contribution in [3.63, 3.8) is 0 Å². The Morgan fingerprint density at radius 2 is 1.19 bits per heavy atom. The van der Waals surface area contributed by atoms with Gasteiger partial charge in [-0.05, 0) is 36.9 Å². The lowest BCUT2D eigenvalue weighted by molar-refractivity contribution is 0.165. The molecule has 228 valence electrons. The zero-order valence-electron chi connectivity index (χ0n) is 24.9. The molecule has 2 amide bonds. The number of ether oxygens (including phenoxy) is 2. The summed E-state index contributed by atoms with van der Waals surface area (Å²) in [5.41, 5.74) is 5.67. The maximum atomic E-state index is 13.3. The van der Waals surface area contributed by atoms with Gasteiger partial charge in [0.15, 0.2) is 0 Å². The molecule has 0 N–H and O–H groups in total. The third kappa shape index (κ3) is 9.09. The summed E-state index contributed by atoms with van der Waals surface area (Å²) >= 11 is 2.81. The van der Waals surface area contributed by atoms with Crippen molar-refractivity contribution >= 4 is 44.9 Å². The van der Waals surface area contributed by atoms with Crippen LogP contribution >= 0.6 is 22.7 Å². The smallest absolute Gasteiger partial charge is 0.415 e. The van der Waals surface area contributed by atoms with E-state index < -0.39 is 12.2 Å². The first kappa shape index (κ1) is 32.1. The van der Waals surface area contributed by atoms with Gasteiger partial charge in [-0.3, -0.25) is 24.7 Å². The summed E-state index contributed by atoms with van der Waals surface area (Å²) in [6.07, 6.45) is 5.77. The second-order valence-electron chi connectivity index (χ2n) is 10.2. The monoisotopic (exact) mass is 621 g/mol. The van der Waals surface area contributed by atoms with E-state index in [4.69, 9.17) is 9.47 Å². The van der Waals surface area contributed by atoms with Gasteiger partial charge in [-0.1, -0.05) is 74.0 Å². The summed E-state index contributed by atoms with van der Waals surface area (Å²) in [6.45, 7) is 4.08. The van der Waals surface area contributed by atoms with E-state index in [1.54, 1.807) is 33.2 Å². The minimum absolute atomic E-state index is 0.250. The van der Waals surface area contributed by atoms with Crippen molar-refractivity contribution in [2.24, 2.45) is 0 Å². The highest BCUT2D eigenvalue weighted by Gasteiger charge is 2.33. The van der Waals surface area contributed by atoms with E-state index in [0.29, 0.717) is 25.9 Å². The van der Waals surface area contributed by atoms with Crippen molar-refractivity contribution in [2.45, 2.75) is 44.7 Å². The lowest BCUT2D eigenvalue weighted by Crippen LogP contribution is -2.53. The highest BCUT2D eigenvalue weighted by atomic mass is 32.1. The number of carbonyl (C=O) groups excluding carboxylic acids is 2. The molecule has 0 radical (unpaired) electrons. The first-order valence-electron chi connectivity index (χ1n) is 14.4. The quantitative estimate of drug-likeness (QED) is 0.145. The molecule has 2 aromatic heterocycles. The largest absolute Gasteiger partial charge is 0.452 e. The normalized spacial score (nSPS) is 12.5. The number of anilines is 2. The Bertz CT molecular complexity index is 1260.